The van der Waals surface area contributed by atoms with Gasteiger partial charge in [-0.05, 0) is 37.2 Å². The normalized spacial score (nSPS) is 22.2. The Bertz CT molecular complexity index is 947. The van der Waals surface area contributed by atoms with E-state index >= 15 is 0 Å². The highest BCUT2D eigenvalue weighted by molar-refractivity contribution is 5.77. The Balaban J connectivity index is 1.36. The molecule has 1 amide bonds. The standard InChI is InChI=1S/C20H25N3O5/c24-19(21-11-9-14-4-1-2-5-15(14)13-21)6-3-10-22-17-8-7-16(23(26)27)12-18(17)28-20(22)25/h7-8,12,14-15H,1-6,9-11,13H2/t14-,15+/m0/s1. The molecule has 28 heavy (non-hydrogen) atoms. The zero-order valence-electron chi connectivity index (χ0n) is 15.8. The molecule has 0 N–H and O–H groups in total. The van der Waals surface area contributed by atoms with Crippen LogP contribution in [0.3, 0.4) is 0 Å². The molecule has 2 aliphatic rings. The van der Waals surface area contributed by atoms with Crippen LogP contribution < -0.4 is 5.76 Å². The van der Waals surface area contributed by atoms with Crippen molar-refractivity contribution >= 4 is 22.7 Å². The molecule has 1 aliphatic carbocycles. The molecule has 1 saturated heterocycles. The first-order valence-electron chi connectivity index (χ1n) is 10.1. The maximum absolute atomic E-state index is 12.6. The molecule has 2 heterocycles. The number of carbonyl (C=O) groups is 1. The fourth-order valence-electron chi connectivity index (χ4n) is 4.75. The lowest BCUT2D eigenvalue weighted by Crippen LogP contribution is -2.44. The van der Waals surface area contributed by atoms with Crippen LogP contribution >= 0.6 is 0 Å². The molecule has 4 rings (SSSR count). The van der Waals surface area contributed by atoms with Crippen molar-refractivity contribution in [1.82, 2.24) is 9.47 Å². The molecule has 1 aliphatic heterocycles. The summed E-state index contributed by atoms with van der Waals surface area (Å²) in [6, 6.07) is 4.13. The zero-order chi connectivity index (χ0) is 19.7. The molecule has 0 radical (unpaired) electrons. The predicted molar refractivity (Wildman–Crippen MR) is 103 cm³/mol. The molecule has 0 unspecified atom stereocenters. The topological polar surface area (TPSA) is 98.6 Å². The zero-order valence-corrected chi connectivity index (χ0v) is 15.8. The van der Waals surface area contributed by atoms with Gasteiger partial charge in [-0.2, -0.15) is 0 Å². The molecule has 1 saturated carbocycles. The Morgan fingerprint density at radius 1 is 1.21 bits per heavy atom. The van der Waals surface area contributed by atoms with Crippen LogP contribution in [-0.4, -0.2) is 33.4 Å². The number of nitro groups is 1. The van der Waals surface area contributed by atoms with Gasteiger partial charge in [0.2, 0.25) is 5.91 Å². The first-order chi connectivity index (χ1) is 13.5. The molecule has 0 bridgehead atoms. The maximum atomic E-state index is 12.6. The number of fused-ring (bicyclic) bond motifs is 2. The second-order valence-electron chi connectivity index (χ2n) is 7.97. The van der Waals surface area contributed by atoms with Gasteiger partial charge in [0.15, 0.2) is 5.58 Å². The van der Waals surface area contributed by atoms with Crippen molar-refractivity contribution in [3.63, 3.8) is 0 Å². The summed E-state index contributed by atoms with van der Waals surface area (Å²) in [6.45, 7) is 2.08. The fourth-order valence-corrected chi connectivity index (χ4v) is 4.75. The number of non-ortho nitro benzene ring substituents is 1. The monoisotopic (exact) mass is 387 g/mol. The smallest absolute Gasteiger partial charge is 0.407 e. The van der Waals surface area contributed by atoms with Crippen LogP contribution in [0.5, 0.6) is 0 Å². The number of rotatable bonds is 5. The summed E-state index contributed by atoms with van der Waals surface area (Å²) in [4.78, 5) is 37.0. The van der Waals surface area contributed by atoms with E-state index in [0.29, 0.717) is 30.8 Å². The molecular weight excluding hydrogens is 362 g/mol. The van der Waals surface area contributed by atoms with Gasteiger partial charge in [0.1, 0.15) is 0 Å². The number of amides is 1. The number of benzene rings is 1. The number of aromatic nitrogens is 1. The molecule has 0 spiro atoms. The molecule has 1 aromatic carbocycles. The van der Waals surface area contributed by atoms with E-state index in [2.05, 4.69) is 0 Å². The maximum Gasteiger partial charge on any atom is 0.419 e. The number of nitro benzene ring substituents is 1. The van der Waals surface area contributed by atoms with Crippen molar-refractivity contribution < 1.29 is 14.1 Å². The molecule has 8 nitrogen and oxygen atoms in total. The van der Waals surface area contributed by atoms with E-state index in [-0.39, 0.29) is 17.2 Å². The SMILES string of the molecule is O=C(CCCn1c(=O)oc2cc([N+](=O)[O-])ccc21)N1CC[C@@H]2CCCC[C@@H]2C1. The van der Waals surface area contributed by atoms with Crippen molar-refractivity contribution in [3.05, 3.63) is 38.9 Å². The van der Waals surface area contributed by atoms with Crippen molar-refractivity contribution in [2.45, 2.75) is 51.5 Å². The number of likely N-dealkylation sites (tertiary alicyclic amines) is 1. The Morgan fingerprint density at radius 3 is 2.79 bits per heavy atom. The lowest BCUT2D eigenvalue weighted by atomic mass is 9.75. The van der Waals surface area contributed by atoms with E-state index in [4.69, 9.17) is 4.42 Å². The van der Waals surface area contributed by atoms with Gasteiger partial charge < -0.3 is 9.32 Å². The van der Waals surface area contributed by atoms with E-state index in [1.54, 1.807) is 0 Å². The number of aryl methyl sites for hydroxylation is 1. The van der Waals surface area contributed by atoms with Gasteiger partial charge in [-0.3, -0.25) is 19.5 Å². The van der Waals surface area contributed by atoms with Crippen LogP contribution in [0.4, 0.5) is 5.69 Å². The number of hydrogen-bond acceptors (Lipinski definition) is 5. The first-order valence-corrected chi connectivity index (χ1v) is 10.1. The minimum absolute atomic E-state index is 0.116. The minimum Gasteiger partial charge on any atom is -0.407 e. The quantitative estimate of drug-likeness (QED) is 0.579. The third-order valence-electron chi connectivity index (χ3n) is 6.28. The molecule has 2 aromatic rings. The number of piperidine rings is 1. The van der Waals surface area contributed by atoms with Crippen LogP contribution in [0, 0.1) is 22.0 Å². The molecule has 2 atom stereocenters. The average Bonchev–Trinajstić information content (AvgIpc) is 3.02. The van der Waals surface area contributed by atoms with Crippen molar-refractivity contribution in [3.8, 4) is 0 Å². The third kappa shape index (κ3) is 3.68. The van der Waals surface area contributed by atoms with E-state index in [0.717, 1.165) is 25.4 Å². The lowest BCUT2D eigenvalue weighted by molar-refractivity contribution is -0.384. The molecule has 1 aromatic heterocycles. The van der Waals surface area contributed by atoms with Gasteiger partial charge in [-0.1, -0.05) is 19.3 Å². The average molecular weight is 387 g/mol. The Morgan fingerprint density at radius 2 is 2.00 bits per heavy atom. The fraction of sp³-hybridized carbons (Fsp3) is 0.600. The van der Waals surface area contributed by atoms with Gasteiger partial charge in [0.25, 0.3) is 5.69 Å². The van der Waals surface area contributed by atoms with Gasteiger partial charge in [-0.15, -0.1) is 0 Å². The lowest BCUT2D eigenvalue weighted by Gasteiger charge is -2.41. The number of carbonyl (C=O) groups excluding carboxylic acids is 1. The van der Waals surface area contributed by atoms with Crippen LogP contribution in [0.25, 0.3) is 11.1 Å². The van der Waals surface area contributed by atoms with Gasteiger partial charge in [0.05, 0.1) is 16.5 Å². The summed E-state index contributed by atoms with van der Waals surface area (Å²) in [5.41, 5.74) is 0.602. The number of oxazole rings is 1. The number of hydrogen-bond donors (Lipinski definition) is 0. The second-order valence-corrected chi connectivity index (χ2v) is 7.97. The van der Waals surface area contributed by atoms with Gasteiger partial charge in [-0.25, -0.2) is 4.79 Å². The summed E-state index contributed by atoms with van der Waals surface area (Å²) in [5, 5.41) is 10.9. The van der Waals surface area contributed by atoms with Crippen LogP contribution in [0.2, 0.25) is 0 Å². The molecular formula is C20H25N3O5. The third-order valence-corrected chi connectivity index (χ3v) is 6.28. The summed E-state index contributed by atoms with van der Waals surface area (Å²) in [7, 11) is 0. The first kappa shape index (κ1) is 18.7. The summed E-state index contributed by atoms with van der Waals surface area (Å²) in [6.07, 6.45) is 7.18. The van der Waals surface area contributed by atoms with Crippen LogP contribution in [-0.2, 0) is 11.3 Å². The Labute approximate surface area is 162 Å². The van der Waals surface area contributed by atoms with Crippen LogP contribution in [0.1, 0.15) is 44.9 Å². The summed E-state index contributed by atoms with van der Waals surface area (Å²) < 4.78 is 6.57. The predicted octanol–water partition coefficient (Wildman–Crippen LogP) is 3.32. The van der Waals surface area contributed by atoms with E-state index < -0.39 is 10.7 Å². The van der Waals surface area contributed by atoms with Crippen molar-refractivity contribution in [2.24, 2.45) is 11.8 Å². The van der Waals surface area contributed by atoms with E-state index in [9.17, 15) is 19.7 Å². The Kier molecular flexibility index (Phi) is 5.19. The van der Waals surface area contributed by atoms with Gasteiger partial charge in [0, 0.05) is 32.1 Å². The molecule has 8 heteroatoms. The highest BCUT2D eigenvalue weighted by Crippen LogP contribution is 2.36. The minimum atomic E-state index is -0.550. The van der Waals surface area contributed by atoms with Crippen LogP contribution in [0.15, 0.2) is 27.4 Å². The van der Waals surface area contributed by atoms with Crippen molar-refractivity contribution in [1.29, 1.82) is 0 Å². The van der Waals surface area contributed by atoms with Gasteiger partial charge >= 0.3 is 5.76 Å². The Hall–Kier alpha value is -2.64. The number of nitrogens with zero attached hydrogens (tertiary/aromatic N) is 3. The second kappa shape index (κ2) is 7.77. The van der Waals surface area contributed by atoms with E-state index in [1.807, 2.05) is 4.90 Å². The summed E-state index contributed by atoms with van der Waals surface area (Å²) >= 11 is 0. The molecule has 2 fully saturated rings. The highest BCUT2D eigenvalue weighted by atomic mass is 16.6. The summed E-state index contributed by atoms with van der Waals surface area (Å²) in [5.74, 6) is 1.05. The van der Waals surface area contributed by atoms with Crippen molar-refractivity contribution in [2.75, 3.05) is 13.1 Å². The molecule has 150 valence electrons. The highest BCUT2D eigenvalue weighted by Gasteiger charge is 2.32. The van der Waals surface area contributed by atoms with E-state index in [1.165, 1.54) is 48.4 Å². The largest absolute Gasteiger partial charge is 0.419 e.